The molecule has 3 heteroatoms. The third-order valence-corrected chi connectivity index (χ3v) is 4.44. The van der Waals surface area contributed by atoms with Crippen molar-refractivity contribution < 1.29 is 0 Å². The van der Waals surface area contributed by atoms with E-state index in [4.69, 9.17) is 0 Å². The number of rotatable bonds is 6. The SMILES string of the molecule is CCNC(C)c1cccn1CCC1CCCCN1C. The van der Waals surface area contributed by atoms with Gasteiger partial charge in [-0.05, 0) is 58.5 Å². The van der Waals surface area contributed by atoms with Gasteiger partial charge in [0.25, 0.3) is 0 Å². The Labute approximate surface area is 118 Å². The highest BCUT2D eigenvalue weighted by Gasteiger charge is 2.19. The van der Waals surface area contributed by atoms with Crippen LogP contribution in [0, 0.1) is 0 Å². The quantitative estimate of drug-likeness (QED) is 0.851. The van der Waals surface area contributed by atoms with Crippen molar-refractivity contribution in [1.29, 1.82) is 0 Å². The van der Waals surface area contributed by atoms with E-state index in [2.05, 4.69) is 54.0 Å². The summed E-state index contributed by atoms with van der Waals surface area (Å²) in [6, 6.07) is 5.65. The average Bonchev–Trinajstić information content (AvgIpc) is 2.86. The molecule has 0 aromatic carbocycles. The maximum Gasteiger partial charge on any atom is 0.0446 e. The van der Waals surface area contributed by atoms with Gasteiger partial charge in [-0.2, -0.15) is 0 Å². The molecule has 0 aliphatic carbocycles. The Kier molecular flexibility index (Phi) is 5.46. The fourth-order valence-corrected chi connectivity index (χ4v) is 3.23. The van der Waals surface area contributed by atoms with Crippen LogP contribution in [0.1, 0.15) is 51.3 Å². The van der Waals surface area contributed by atoms with Crippen molar-refractivity contribution in [2.45, 2.75) is 58.2 Å². The highest BCUT2D eigenvalue weighted by atomic mass is 15.1. The van der Waals surface area contributed by atoms with Crippen LogP contribution in [0.4, 0.5) is 0 Å². The van der Waals surface area contributed by atoms with E-state index < -0.39 is 0 Å². The van der Waals surface area contributed by atoms with Crippen LogP contribution in [-0.2, 0) is 6.54 Å². The minimum absolute atomic E-state index is 0.448. The Morgan fingerprint density at radius 1 is 1.42 bits per heavy atom. The third kappa shape index (κ3) is 3.83. The fourth-order valence-electron chi connectivity index (χ4n) is 3.23. The van der Waals surface area contributed by atoms with E-state index in [0.29, 0.717) is 6.04 Å². The average molecular weight is 263 g/mol. The summed E-state index contributed by atoms with van der Waals surface area (Å²) >= 11 is 0. The zero-order valence-corrected chi connectivity index (χ0v) is 12.7. The first-order chi connectivity index (χ1) is 9.22. The van der Waals surface area contributed by atoms with E-state index in [-0.39, 0.29) is 0 Å². The number of aromatic nitrogens is 1. The highest BCUT2D eigenvalue weighted by molar-refractivity contribution is 5.11. The lowest BCUT2D eigenvalue weighted by molar-refractivity contribution is 0.170. The predicted molar refractivity (Wildman–Crippen MR) is 81.4 cm³/mol. The molecule has 0 saturated carbocycles. The molecule has 1 aliphatic rings. The molecular formula is C16H29N3. The number of likely N-dealkylation sites (tertiary alicyclic amines) is 1. The largest absolute Gasteiger partial charge is 0.350 e. The lowest BCUT2D eigenvalue weighted by Crippen LogP contribution is -2.37. The lowest BCUT2D eigenvalue weighted by Gasteiger charge is -2.32. The second-order valence-corrected chi connectivity index (χ2v) is 5.82. The number of piperidine rings is 1. The van der Waals surface area contributed by atoms with Gasteiger partial charge in [0.2, 0.25) is 0 Å². The predicted octanol–water partition coefficient (Wildman–Crippen LogP) is 3.03. The molecule has 2 heterocycles. The van der Waals surface area contributed by atoms with E-state index in [1.165, 1.54) is 37.9 Å². The van der Waals surface area contributed by atoms with Gasteiger partial charge in [-0.3, -0.25) is 0 Å². The second-order valence-electron chi connectivity index (χ2n) is 5.82. The molecule has 1 aromatic heterocycles. The van der Waals surface area contributed by atoms with Crippen molar-refractivity contribution in [2.24, 2.45) is 0 Å². The van der Waals surface area contributed by atoms with Gasteiger partial charge >= 0.3 is 0 Å². The molecule has 0 radical (unpaired) electrons. The first-order valence-corrected chi connectivity index (χ1v) is 7.81. The van der Waals surface area contributed by atoms with Gasteiger partial charge in [-0.15, -0.1) is 0 Å². The molecule has 3 nitrogen and oxygen atoms in total. The minimum Gasteiger partial charge on any atom is -0.350 e. The van der Waals surface area contributed by atoms with Gasteiger partial charge in [-0.25, -0.2) is 0 Å². The molecule has 1 aromatic rings. The summed E-state index contributed by atoms with van der Waals surface area (Å²) in [6.45, 7) is 7.87. The number of hydrogen-bond donors (Lipinski definition) is 1. The number of nitrogens with one attached hydrogen (secondary N) is 1. The molecule has 2 unspecified atom stereocenters. The minimum atomic E-state index is 0.448. The molecule has 1 fully saturated rings. The molecule has 2 atom stereocenters. The Morgan fingerprint density at radius 3 is 3.00 bits per heavy atom. The van der Waals surface area contributed by atoms with Gasteiger partial charge < -0.3 is 14.8 Å². The molecule has 2 rings (SSSR count). The summed E-state index contributed by atoms with van der Waals surface area (Å²) in [6.07, 6.45) is 7.65. The molecule has 1 aliphatic heterocycles. The first kappa shape index (κ1) is 14.6. The lowest BCUT2D eigenvalue weighted by atomic mass is 10.00. The Balaban J connectivity index is 1.90. The highest BCUT2D eigenvalue weighted by Crippen LogP contribution is 2.20. The summed E-state index contributed by atoms with van der Waals surface area (Å²) in [4.78, 5) is 2.54. The maximum absolute atomic E-state index is 3.50. The summed E-state index contributed by atoms with van der Waals surface area (Å²) in [7, 11) is 2.28. The monoisotopic (exact) mass is 263 g/mol. The second kappa shape index (κ2) is 7.11. The Morgan fingerprint density at radius 2 is 2.26 bits per heavy atom. The van der Waals surface area contributed by atoms with Crippen LogP contribution in [0.25, 0.3) is 0 Å². The molecule has 108 valence electrons. The Bertz CT molecular complexity index is 372. The van der Waals surface area contributed by atoms with Crippen LogP contribution in [0.3, 0.4) is 0 Å². The van der Waals surface area contributed by atoms with E-state index in [0.717, 1.165) is 19.1 Å². The van der Waals surface area contributed by atoms with E-state index in [1.807, 2.05) is 0 Å². The summed E-state index contributed by atoms with van der Waals surface area (Å²) < 4.78 is 2.43. The van der Waals surface area contributed by atoms with Gasteiger partial charge in [0, 0.05) is 30.5 Å². The molecule has 1 saturated heterocycles. The van der Waals surface area contributed by atoms with E-state index in [1.54, 1.807) is 0 Å². The third-order valence-electron chi connectivity index (χ3n) is 4.44. The molecule has 19 heavy (non-hydrogen) atoms. The van der Waals surface area contributed by atoms with Gasteiger partial charge in [0.15, 0.2) is 0 Å². The van der Waals surface area contributed by atoms with Crippen LogP contribution in [-0.4, -0.2) is 35.6 Å². The Hall–Kier alpha value is -0.800. The van der Waals surface area contributed by atoms with Crippen molar-refractivity contribution in [3.05, 3.63) is 24.0 Å². The summed E-state index contributed by atoms with van der Waals surface area (Å²) in [5.41, 5.74) is 1.42. The molecule has 0 amide bonds. The standard InChI is InChI=1S/C16H29N3/c1-4-17-14(2)16-9-7-12-19(16)13-10-15-8-5-6-11-18(15)3/h7,9,12,14-15,17H,4-6,8,10-11,13H2,1-3H3. The van der Waals surface area contributed by atoms with Crippen molar-refractivity contribution >= 4 is 0 Å². The molecule has 0 spiro atoms. The van der Waals surface area contributed by atoms with Crippen LogP contribution >= 0.6 is 0 Å². The van der Waals surface area contributed by atoms with Crippen LogP contribution in [0.15, 0.2) is 18.3 Å². The van der Waals surface area contributed by atoms with Crippen molar-refractivity contribution in [3.8, 4) is 0 Å². The maximum atomic E-state index is 3.50. The number of hydrogen-bond acceptors (Lipinski definition) is 2. The van der Waals surface area contributed by atoms with Crippen LogP contribution in [0.5, 0.6) is 0 Å². The van der Waals surface area contributed by atoms with Crippen LogP contribution < -0.4 is 5.32 Å². The topological polar surface area (TPSA) is 20.2 Å². The first-order valence-electron chi connectivity index (χ1n) is 7.81. The van der Waals surface area contributed by atoms with Crippen molar-refractivity contribution in [1.82, 2.24) is 14.8 Å². The molecule has 0 bridgehead atoms. The van der Waals surface area contributed by atoms with Gasteiger partial charge in [-0.1, -0.05) is 13.3 Å². The van der Waals surface area contributed by atoms with Crippen LogP contribution in [0.2, 0.25) is 0 Å². The van der Waals surface area contributed by atoms with E-state index in [9.17, 15) is 0 Å². The number of aryl methyl sites for hydroxylation is 1. The van der Waals surface area contributed by atoms with Crippen molar-refractivity contribution in [3.63, 3.8) is 0 Å². The normalized spacial score (nSPS) is 22.6. The summed E-state index contributed by atoms with van der Waals surface area (Å²) in [5.74, 6) is 0. The smallest absolute Gasteiger partial charge is 0.0446 e. The zero-order chi connectivity index (χ0) is 13.7. The van der Waals surface area contributed by atoms with Gasteiger partial charge in [0.05, 0.1) is 0 Å². The summed E-state index contributed by atoms with van der Waals surface area (Å²) in [5, 5.41) is 3.50. The molecular weight excluding hydrogens is 234 g/mol. The fraction of sp³-hybridized carbons (Fsp3) is 0.750. The number of nitrogens with zero attached hydrogens (tertiary/aromatic N) is 2. The molecule has 1 N–H and O–H groups in total. The van der Waals surface area contributed by atoms with Gasteiger partial charge in [0.1, 0.15) is 0 Å². The van der Waals surface area contributed by atoms with Crippen molar-refractivity contribution in [2.75, 3.05) is 20.1 Å². The van der Waals surface area contributed by atoms with E-state index >= 15 is 0 Å². The zero-order valence-electron chi connectivity index (χ0n) is 12.7.